The van der Waals surface area contributed by atoms with Crippen molar-refractivity contribution in [1.82, 2.24) is 10.3 Å². The van der Waals surface area contributed by atoms with E-state index in [1.165, 1.54) is 10.4 Å². The first-order valence-corrected chi connectivity index (χ1v) is 7.50. The minimum atomic E-state index is 0.147. The van der Waals surface area contributed by atoms with E-state index in [0.29, 0.717) is 0 Å². The lowest BCUT2D eigenvalue weighted by Crippen LogP contribution is -2.17. The van der Waals surface area contributed by atoms with E-state index < -0.39 is 0 Å². The van der Waals surface area contributed by atoms with Crippen LogP contribution in [0.25, 0.3) is 0 Å². The van der Waals surface area contributed by atoms with Crippen molar-refractivity contribution >= 4 is 11.3 Å². The molecule has 3 N–H and O–H groups in total. The van der Waals surface area contributed by atoms with E-state index in [2.05, 4.69) is 22.4 Å². The van der Waals surface area contributed by atoms with Gasteiger partial charge in [-0.2, -0.15) is 0 Å². The van der Waals surface area contributed by atoms with E-state index in [1.54, 1.807) is 11.3 Å². The molecule has 0 spiro atoms. The Hall–Kier alpha value is -1.23. The molecule has 1 atom stereocenters. The SMILES string of the molecule is Cc1ncc(CNCCCC(N)c2ccccc2)s1. The zero-order valence-electron chi connectivity index (χ0n) is 11.3. The van der Waals surface area contributed by atoms with Crippen molar-refractivity contribution in [1.29, 1.82) is 0 Å². The number of nitrogens with zero attached hydrogens (tertiary/aromatic N) is 1. The highest BCUT2D eigenvalue weighted by Crippen LogP contribution is 2.15. The Kier molecular flexibility index (Phi) is 5.51. The van der Waals surface area contributed by atoms with Crippen LogP contribution in [-0.2, 0) is 6.54 Å². The monoisotopic (exact) mass is 275 g/mol. The first-order valence-electron chi connectivity index (χ1n) is 6.68. The van der Waals surface area contributed by atoms with E-state index in [4.69, 9.17) is 5.73 Å². The summed E-state index contributed by atoms with van der Waals surface area (Å²) in [6.45, 7) is 3.94. The van der Waals surface area contributed by atoms with Gasteiger partial charge >= 0.3 is 0 Å². The van der Waals surface area contributed by atoms with Crippen LogP contribution < -0.4 is 11.1 Å². The number of benzene rings is 1. The molecule has 1 aromatic carbocycles. The Bertz CT molecular complexity index is 481. The van der Waals surface area contributed by atoms with E-state index in [9.17, 15) is 0 Å². The number of nitrogens with one attached hydrogen (secondary N) is 1. The Morgan fingerprint density at radius 1 is 1.32 bits per heavy atom. The molecule has 2 aromatic rings. The van der Waals surface area contributed by atoms with Crippen molar-refractivity contribution in [2.75, 3.05) is 6.54 Å². The number of thiazole rings is 1. The molecule has 0 fully saturated rings. The van der Waals surface area contributed by atoms with Crippen molar-refractivity contribution in [3.63, 3.8) is 0 Å². The van der Waals surface area contributed by atoms with E-state index in [-0.39, 0.29) is 6.04 Å². The highest BCUT2D eigenvalue weighted by atomic mass is 32.1. The van der Waals surface area contributed by atoms with Gasteiger partial charge in [-0.1, -0.05) is 30.3 Å². The molecule has 1 unspecified atom stereocenters. The molecule has 1 heterocycles. The predicted molar refractivity (Wildman–Crippen MR) is 81.2 cm³/mol. The van der Waals surface area contributed by atoms with E-state index in [1.807, 2.05) is 31.3 Å². The summed E-state index contributed by atoms with van der Waals surface area (Å²) in [6.07, 6.45) is 4.05. The van der Waals surface area contributed by atoms with Crippen LogP contribution in [0.1, 0.15) is 34.3 Å². The van der Waals surface area contributed by atoms with Gasteiger partial charge in [0.05, 0.1) is 5.01 Å². The highest BCUT2D eigenvalue weighted by molar-refractivity contribution is 7.11. The lowest BCUT2D eigenvalue weighted by molar-refractivity contribution is 0.568. The van der Waals surface area contributed by atoms with Gasteiger partial charge in [0.15, 0.2) is 0 Å². The van der Waals surface area contributed by atoms with Crippen LogP contribution in [0.15, 0.2) is 36.5 Å². The van der Waals surface area contributed by atoms with Gasteiger partial charge in [0.2, 0.25) is 0 Å². The summed E-state index contributed by atoms with van der Waals surface area (Å²) in [7, 11) is 0. The molecule has 0 amide bonds. The summed E-state index contributed by atoms with van der Waals surface area (Å²) in [5, 5.41) is 4.56. The summed E-state index contributed by atoms with van der Waals surface area (Å²) in [5.41, 5.74) is 7.38. The van der Waals surface area contributed by atoms with Crippen LogP contribution >= 0.6 is 11.3 Å². The van der Waals surface area contributed by atoms with Crippen molar-refractivity contribution in [2.24, 2.45) is 5.73 Å². The highest BCUT2D eigenvalue weighted by Gasteiger charge is 2.04. The van der Waals surface area contributed by atoms with E-state index >= 15 is 0 Å². The number of rotatable bonds is 7. The summed E-state index contributed by atoms with van der Waals surface area (Å²) < 4.78 is 0. The molecule has 3 nitrogen and oxygen atoms in total. The average molecular weight is 275 g/mol. The van der Waals surface area contributed by atoms with Gasteiger partial charge in [0, 0.05) is 23.7 Å². The van der Waals surface area contributed by atoms with Crippen LogP contribution in [-0.4, -0.2) is 11.5 Å². The molecular weight excluding hydrogens is 254 g/mol. The van der Waals surface area contributed by atoms with Gasteiger partial charge in [0.1, 0.15) is 0 Å². The fourth-order valence-electron chi connectivity index (χ4n) is 2.01. The molecule has 1 aromatic heterocycles. The minimum absolute atomic E-state index is 0.147. The smallest absolute Gasteiger partial charge is 0.0897 e. The summed E-state index contributed by atoms with van der Waals surface area (Å²) in [5.74, 6) is 0. The third kappa shape index (κ3) is 4.74. The Balaban J connectivity index is 1.62. The number of aryl methyl sites for hydroxylation is 1. The standard InChI is InChI=1S/C15H21N3S/c1-12-18-11-14(19-12)10-17-9-5-8-15(16)13-6-3-2-4-7-13/h2-4,6-7,11,15,17H,5,8-10,16H2,1H3. The van der Waals surface area contributed by atoms with Crippen LogP contribution in [0.3, 0.4) is 0 Å². The van der Waals surface area contributed by atoms with E-state index in [0.717, 1.165) is 30.9 Å². The van der Waals surface area contributed by atoms with Gasteiger partial charge in [0.25, 0.3) is 0 Å². The number of nitrogens with two attached hydrogens (primary N) is 1. The molecule has 0 aliphatic rings. The maximum atomic E-state index is 6.16. The second-order valence-corrected chi connectivity index (χ2v) is 6.00. The first kappa shape index (κ1) is 14.2. The number of hydrogen-bond acceptors (Lipinski definition) is 4. The maximum Gasteiger partial charge on any atom is 0.0897 e. The normalized spacial score (nSPS) is 12.5. The van der Waals surface area contributed by atoms with Gasteiger partial charge in [-0.15, -0.1) is 11.3 Å². The summed E-state index contributed by atoms with van der Waals surface area (Å²) in [4.78, 5) is 5.54. The van der Waals surface area contributed by atoms with Crippen molar-refractivity contribution in [3.8, 4) is 0 Å². The molecule has 0 aliphatic carbocycles. The second-order valence-electron chi connectivity index (χ2n) is 4.68. The molecule has 0 saturated carbocycles. The van der Waals surface area contributed by atoms with Crippen molar-refractivity contribution in [2.45, 2.75) is 32.4 Å². The fraction of sp³-hybridized carbons (Fsp3) is 0.400. The zero-order chi connectivity index (χ0) is 13.5. The lowest BCUT2D eigenvalue weighted by atomic mass is 10.0. The van der Waals surface area contributed by atoms with Gasteiger partial charge in [-0.05, 0) is 31.9 Å². The molecule has 0 aliphatic heterocycles. The summed E-state index contributed by atoms with van der Waals surface area (Å²) >= 11 is 1.75. The van der Waals surface area contributed by atoms with Gasteiger partial charge in [-0.25, -0.2) is 4.98 Å². The molecule has 0 bridgehead atoms. The third-order valence-electron chi connectivity index (χ3n) is 3.06. The Labute approximate surface area is 118 Å². The van der Waals surface area contributed by atoms with Crippen molar-refractivity contribution < 1.29 is 0 Å². The van der Waals surface area contributed by atoms with Crippen LogP contribution in [0, 0.1) is 6.92 Å². The second kappa shape index (κ2) is 7.38. The number of hydrogen-bond donors (Lipinski definition) is 2. The topological polar surface area (TPSA) is 50.9 Å². The lowest BCUT2D eigenvalue weighted by Gasteiger charge is -2.11. The van der Waals surface area contributed by atoms with Gasteiger partial charge < -0.3 is 11.1 Å². The molecule has 102 valence electrons. The molecule has 4 heteroatoms. The molecule has 0 radical (unpaired) electrons. The molecular formula is C15H21N3S. The molecule has 2 rings (SSSR count). The van der Waals surface area contributed by atoms with Crippen LogP contribution in [0.2, 0.25) is 0 Å². The molecule has 19 heavy (non-hydrogen) atoms. The minimum Gasteiger partial charge on any atom is -0.324 e. The van der Waals surface area contributed by atoms with Gasteiger partial charge in [-0.3, -0.25) is 0 Å². The maximum absolute atomic E-state index is 6.16. The first-order chi connectivity index (χ1) is 9.25. The quantitative estimate of drug-likeness (QED) is 0.764. The number of aromatic nitrogens is 1. The predicted octanol–water partition coefficient (Wildman–Crippen LogP) is 3.02. The Morgan fingerprint density at radius 2 is 2.11 bits per heavy atom. The zero-order valence-corrected chi connectivity index (χ0v) is 12.1. The van der Waals surface area contributed by atoms with Crippen molar-refractivity contribution in [3.05, 3.63) is 52.0 Å². The largest absolute Gasteiger partial charge is 0.324 e. The Morgan fingerprint density at radius 3 is 2.79 bits per heavy atom. The van der Waals surface area contributed by atoms with Crippen LogP contribution in [0.4, 0.5) is 0 Å². The van der Waals surface area contributed by atoms with Crippen LogP contribution in [0.5, 0.6) is 0 Å². The average Bonchev–Trinajstić information content (AvgIpc) is 2.85. The fourth-order valence-corrected chi connectivity index (χ4v) is 2.78. The molecule has 0 saturated heterocycles. The summed E-state index contributed by atoms with van der Waals surface area (Å²) in [6, 6.07) is 10.4. The third-order valence-corrected chi connectivity index (χ3v) is 3.98.